The van der Waals surface area contributed by atoms with Crippen molar-refractivity contribution in [2.24, 2.45) is 5.92 Å². The van der Waals surface area contributed by atoms with Gasteiger partial charge < -0.3 is 19.4 Å². The number of likely N-dealkylation sites (tertiary alicyclic amines) is 1. The first kappa shape index (κ1) is 19.6. The van der Waals surface area contributed by atoms with Gasteiger partial charge in [0, 0.05) is 51.2 Å². The zero-order valence-corrected chi connectivity index (χ0v) is 17.4. The first-order valence-corrected chi connectivity index (χ1v) is 10.5. The molecule has 154 valence electrons. The fraction of sp³-hybridized carbons (Fsp3) is 0.478. The number of hydrogen-bond acceptors (Lipinski definition) is 5. The zero-order chi connectivity index (χ0) is 20.2. The lowest BCUT2D eigenvalue weighted by molar-refractivity contribution is 0.0682. The highest BCUT2D eigenvalue weighted by atomic mass is 16.5. The maximum atomic E-state index is 12.7. The van der Waals surface area contributed by atoms with Crippen LogP contribution < -0.4 is 14.5 Å². The number of carbonyl (C=O) groups is 1. The molecule has 6 heteroatoms. The summed E-state index contributed by atoms with van der Waals surface area (Å²) in [6.07, 6.45) is 4.05. The van der Waals surface area contributed by atoms with Crippen LogP contribution in [0.25, 0.3) is 0 Å². The van der Waals surface area contributed by atoms with Crippen LogP contribution in [0, 0.1) is 5.92 Å². The molecular weight excluding hydrogens is 364 g/mol. The van der Waals surface area contributed by atoms with Crippen LogP contribution in [-0.4, -0.2) is 62.2 Å². The second-order valence-corrected chi connectivity index (χ2v) is 8.08. The lowest BCUT2D eigenvalue weighted by Gasteiger charge is -2.36. The van der Waals surface area contributed by atoms with Crippen LogP contribution >= 0.6 is 0 Å². The van der Waals surface area contributed by atoms with Gasteiger partial charge in [0.2, 0.25) is 0 Å². The van der Waals surface area contributed by atoms with Crippen LogP contribution in [-0.2, 0) is 0 Å². The molecule has 0 aliphatic carbocycles. The third kappa shape index (κ3) is 4.47. The molecule has 1 aromatic carbocycles. The van der Waals surface area contributed by atoms with E-state index in [1.165, 1.54) is 12.1 Å². The Labute approximate surface area is 173 Å². The molecule has 1 amide bonds. The van der Waals surface area contributed by atoms with Crippen LogP contribution in [0.15, 0.2) is 42.6 Å². The Morgan fingerprint density at radius 3 is 2.34 bits per heavy atom. The molecule has 0 N–H and O–H groups in total. The lowest BCUT2D eigenvalue weighted by atomic mass is 10.00. The second kappa shape index (κ2) is 8.72. The average molecular weight is 395 g/mol. The Bertz CT molecular complexity index is 814. The van der Waals surface area contributed by atoms with Crippen LogP contribution in [0.4, 0.5) is 11.5 Å². The summed E-state index contributed by atoms with van der Waals surface area (Å²) in [6, 6.07) is 12.1. The van der Waals surface area contributed by atoms with E-state index in [1.807, 2.05) is 29.2 Å². The normalized spacial score (nSPS) is 19.9. The molecule has 1 atom stereocenters. The SMILES string of the molecule is COc1ccc(N2CCN(c3ccc(C(=O)N4CCCC(C)C4)cn3)CC2)cc1. The van der Waals surface area contributed by atoms with E-state index in [0.717, 1.165) is 57.3 Å². The van der Waals surface area contributed by atoms with Crippen LogP contribution in [0.2, 0.25) is 0 Å². The van der Waals surface area contributed by atoms with Crippen molar-refractivity contribution in [1.82, 2.24) is 9.88 Å². The number of pyridine rings is 1. The van der Waals surface area contributed by atoms with Crippen LogP contribution in [0.3, 0.4) is 0 Å². The molecule has 2 aliphatic heterocycles. The number of amides is 1. The molecular formula is C23H30N4O2. The zero-order valence-electron chi connectivity index (χ0n) is 17.4. The Hall–Kier alpha value is -2.76. The molecule has 2 saturated heterocycles. The predicted octanol–water partition coefficient (Wildman–Crippen LogP) is 3.29. The van der Waals surface area contributed by atoms with Crippen molar-refractivity contribution >= 4 is 17.4 Å². The molecule has 29 heavy (non-hydrogen) atoms. The first-order chi connectivity index (χ1) is 14.1. The molecule has 0 spiro atoms. The summed E-state index contributed by atoms with van der Waals surface area (Å²) >= 11 is 0. The highest BCUT2D eigenvalue weighted by Crippen LogP contribution is 2.23. The minimum Gasteiger partial charge on any atom is -0.497 e. The molecule has 2 fully saturated rings. The number of carbonyl (C=O) groups excluding carboxylic acids is 1. The molecule has 1 unspecified atom stereocenters. The summed E-state index contributed by atoms with van der Waals surface area (Å²) in [5.74, 6) is 2.52. The maximum Gasteiger partial charge on any atom is 0.255 e. The summed E-state index contributed by atoms with van der Waals surface area (Å²) in [6.45, 7) is 7.64. The van der Waals surface area contributed by atoms with Gasteiger partial charge in [0.1, 0.15) is 11.6 Å². The first-order valence-electron chi connectivity index (χ1n) is 10.5. The van der Waals surface area contributed by atoms with E-state index >= 15 is 0 Å². The van der Waals surface area contributed by atoms with E-state index < -0.39 is 0 Å². The predicted molar refractivity (Wildman–Crippen MR) is 116 cm³/mol. The third-order valence-corrected chi connectivity index (χ3v) is 5.98. The highest BCUT2D eigenvalue weighted by molar-refractivity contribution is 5.94. The molecule has 2 aromatic rings. The summed E-state index contributed by atoms with van der Waals surface area (Å²) in [5.41, 5.74) is 1.91. The number of piperidine rings is 1. The number of nitrogens with zero attached hydrogens (tertiary/aromatic N) is 4. The van der Waals surface area contributed by atoms with Gasteiger partial charge in [-0.2, -0.15) is 0 Å². The van der Waals surface area contributed by atoms with Gasteiger partial charge in [0.05, 0.1) is 12.7 Å². The molecule has 0 bridgehead atoms. The number of ether oxygens (including phenoxy) is 1. The smallest absolute Gasteiger partial charge is 0.255 e. The van der Waals surface area contributed by atoms with E-state index in [4.69, 9.17) is 4.74 Å². The van der Waals surface area contributed by atoms with E-state index in [9.17, 15) is 4.79 Å². The van der Waals surface area contributed by atoms with Gasteiger partial charge >= 0.3 is 0 Å². The van der Waals surface area contributed by atoms with Crippen LogP contribution in [0.5, 0.6) is 5.75 Å². The van der Waals surface area contributed by atoms with Crippen molar-refractivity contribution < 1.29 is 9.53 Å². The van der Waals surface area contributed by atoms with Gasteiger partial charge in [-0.1, -0.05) is 6.92 Å². The minimum atomic E-state index is 0.111. The fourth-order valence-electron chi connectivity index (χ4n) is 4.24. The van der Waals surface area contributed by atoms with Crippen molar-refractivity contribution in [3.05, 3.63) is 48.2 Å². The van der Waals surface area contributed by atoms with Gasteiger partial charge in [-0.05, 0) is 55.2 Å². The standard InChI is InChI=1S/C23H30N4O2/c1-18-4-3-11-27(17-18)23(28)19-5-10-22(24-16-19)26-14-12-25(13-15-26)20-6-8-21(29-2)9-7-20/h5-10,16,18H,3-4,11-15,17H2,1-2H3. The van der Waals surface area contributed by atoms with E-state index in [2.05, 4.69) is 33.8 Å². The average Bonchev–Trinajstić information content (AvgIpc) is 2.79. The van der Waals surface area contributed by atoms with Crippen molar-refractivity contribution in [2.75, 3.05) is 56.2 Å². The second-order valence-electron chi connectivity index (χ2n) is 8.08. The molecule has 6 nitrogen and oxygen atoms in total. The Kier molecular flexibility index (Phi) is 5.88. The topological polar surface area (TPSA) is 48.9 Å². The summed E-state index contributed by atoms with van der Waals surface area (Å²) in [7, 11) is 1.69. The summed E-state index contributed by atoms with van der Waals surface area (Å²) in [4.78, 5) is 24.0. The Morgan fingerprint density at radius 1 is 1.00 bits per heavy atom. The number of rotatable bonds is 4. The number of piperazine rings is 1. The quantitative estimate of drug-likeness (QED) is 0.796. The monoisotopic (exact) mass is 394 g/mol. The number of aromatic nitrogens is 1. The molecule has 2 aliphatic rings. The van der Waals surface area contributed by atoms with Crippen molar-refractivity contribution in [3.63, 3.8) is 0 Å². The van der Waals surface area contributed by atoms with Crippen LogP contribution in [0.1, 0.15) is 30.1 Å². The molecule has 0 saturated carbocycles. The van der Waals surface area contributed by atoms with E-state index in [0.29, 0.717) is 11.5 Å². The van der Waals surface area contributed by atoms with Gasteiger partial charge in [-0.3, -0.25) is 4.79 Å². The lowest BCUT2D eigenvalue weighted by Crippen LogP contribution is -2.46. The van der Waals surface area contributed by atoms with Gasteiger partial charge in [-0.15, -0.1) is 0 Å². The third-order valence-electron chi connectivity index (χ3n) is 5.98. The molecule has 4 rings (SSSR count). The van der Waals surface area contributed by atoms with Gasteiger partial charge in [0.25, 0.3) is 5.91 Å². The Morgan fingerprint density at radius 2 is 1.72 bits per heavy atom. The minimum absolute atomic E-state index is 0.111. The van der Waals surface area contributed by atoms with E-state index in [-0.39, 0.29) is 5.91 Å². The number of hydrogen-bond donors (Lipinski definition) is 0. The van der Waals surface area contributed by atoms with E-state index in [1.54, 1.807) is 13.3 Å². The largest absolute Gasteiger partial charge is 0.497 e. The van der Waals surface area contributed by atoms with Crippen molar-refractivity contribution in [3.8, 4) is 5.75 Å². The fourth-order valence-corrected chi connectivity index (χ4v) is 4.24. The summed E-state index contributed by atoms with van der Waals surface area (Å²) in [5, 5.41) is 0. The number of benzene rings is 1. The number of anilines is 2. The Balaban J connectivity index is 1.34. The number of methoxy groups -OCH3 is 1. The molecule has 0 radical (unpaired) electrons. The van der Waals surface area contributed by atoms with Gasteiger partial charge in [-0.25, -0.2) is 4.98 Å². The highest BCUT2D eigenvalue weighted by Gasteiger charge is 2.23. The van der Waals surface area contributed by atoms with Crippen molar-refractivity contribution in [2.45, 2.75) is 19.8 Å². The summed E-state index contributed by atoms with van der Waals surface area (Å²) < 4.78 is 5.24. The van der Waals surface area contributed by atoms with Gasteiger partial charge in [0.15, 0.2) is 0 Å². The molecule has 1 aromatic heterocycles. The molecule has 3 heterocycles. The van der Waals surface area contributed by atoms with Crippen molar-refractivity contribution in [1.29, 1.82) is 0 Å². The maximum absolute atomic E-state index is 12.7.